The first kappa shape index (κ1) is 12.1. The van der Waals surface area contributed by atoms with E-state index in [1.54, 1.807) is 0 Å². The maximum atomic E-state index is 3.39. The number of anilines is 1. The van der Waals surface area contributed by atoms with Crippen molar-refractivity contribution in [2.24, 2.45) is 5.41 Å². The first-order valence-electron chi connectivity index (χ1n) is 5.72. The van der Waals surface area contributed by atoms with Gasteiger partial charge in [-0.05, 0) is 43.4 Å². The van der Waals surface area contributed by atoms with Gasteiger partial charge in [-0.3, -0.25) is 0 Å². The molecule has 0 amide bonds. The second-order valence-electron chi connectivity index (χ2n) is 5.73. The molecule has 1 rings (SSSR count). The highest BCUT2D eigenvalue weighted by Crippen LogP contribution is 2.21. The lowest BCUT2D eigenvalue weighted by molar-refractivity contribution is 0.411. The van der Waals surface area contributed by atoms with Gasteiger partial charge in [0.25, 0.3) is 0 Å². The molecule has 1 aromatic carbocycles. The van der Waals surface area contributed by atoms with Crippen LogP contribution in [0.1, 0.15) is 40.2 Å². The Morgan fingerprint density at radius 3 is 2.00 bits per heavy atom. The fourth-order valence-electron chi connectivity index (χ4n) is 1.66. The Hall–Kier alpha value is -0.980. The van der Waals surface area contributed by atoms with Crippen molar-refractivity contribution in [3.63, 3.8) is 0 Å². The molecule has 0 saturated heterocycles. The Balaban J connectivity index is 2.64. The number of nitrogens with one attached hydrogen (secondary N) is 1. The monoisotopic (exact) mass is 205 g/mol. The van der Waals surface area contributed by atoms with Gasteiger partial charge in [0.15, 0.2) is 0 Å². The van der Waals surface area contributed by atoms with Crippen LogP contribution in [0, 0.1) is 5.41 Å². The molecule has 1 heteroatoms. The van der Waals surface area contributed by atoms with Crippen molar-refractivity contribution in [3.05, 3.63) is 29.8 Å². The lowest BCUT2D eigenvalue weighted by Crippen LogP contribution is -2.11. The SMILES string of the molecule is CC(C)Nc1ccc(CC(C)(C)C)cc1. The van der Waals surface area contributed by atoms with Gasteiger partial charge in [0.2, 0.25) is 0 Å². The average Bonchev–Trinajstić information content (AvgIpc) is 2.05. The van der Waals surface area contributed by atoms with Crippen LogP contribution in [-0.4, -0.2) is 6.04 Å². The second kappa shape index (κ2) is 4.69. The van der Waals surface area contributed by atoms with E-state index in [0.717, 1.165) is 6.42 Å². The molecule has 0 aromatic heterocycles. The van der Waals surface area contributed by atoms with Crippen molar-refractivity contribution in [2.45, 2.75) is 47.1 Å². The van der Waals surface area contributed by atoms with Crippen LogP contribution >= 0.6 is 0 Å². The summed E-state index contributed by atoms with van der Waals surface area (Å²) in [7, 11) is 0. The van der Waals surface area contributed by atoms with E-state index in [-0.39, 0.29) is 0 Å². The summed E-state index contributed by atoms with van der Waals surface area (Å²) in [4.78, 5) is 0. The van der Waals surface area contributed by atoms with Gasteiger partial charge in [0.1, 0.15) is 0 Å². The molecule has 0 heterocycles. The minimum absolute atomic E-state index is 0.368. The summed E-state index contributed by atoms with van der Waals surface area (Å²) in [6.07, 6.45) is 1.13. The summed E-state index contributed by atoms with van der Waals surface area (Å²) in [5.74, 6) is 0. The maximum Gasteiger partial charge on any atom is 0.0342 e. The minimum atomic E-state index is 0.368. The lowest BCUT2D eigenvalue weighted by Gasteiger charge is -2.18. The molecule has 0 radical (unpaired) electrons. The zero-order valence-corrected chi connectivity index (χ0v) is 10.6. The summed E-state index contributed by atoms with van der Waals surface area (Å²) in [6.45, 7) is 11.1. The maximum absolute atomic E-state index is 3.39. The molecule has 0 bridgehead atoms. The zero-order chi connectivity index (χ0) is 11.5. The molecular formula is C14H23N. The number of hydrogen-bond donors (Lipinski definition) is 1. The smallest absolute Gasteiger partial charge is 0.0342 e. The Morgan fingerprint density at radius 2 is 1.60 bits per heavy atom. The highest BCUT2D eigenvalue weighted by atomic mass is 14.9. The van der Waals surface area contributed by atoms with Gasteiger partial charge in [0, 0.05) is 11.7 Å². The number of rotatable bonds is 3. The first-order valence-corrected chi connectivity index (χ1v) is 5.72. The van der Waals surface area contributed by atoms with E-state index in [4.69, 9.17) is 0 Å². The second-order valence-corrected chi connectivity index (χ2v) is 5.73. The van der Waals surface area contributed by atoms with E-state index in [1.807, 2.05) is 0 Å². The molecule has 0 unspecified atom stereocenters. The molecule has 0 aliphatic rings. The van der Waals surface area contributed by atoms with Gasteiger partial charge in [0.05, 0.1) is 0 Å². The highest BCUT2D eigenvalue weighted by molar-refractivity contribution is 5.45. The van der Waals surface area contributed by atoms with E-state index < -0.39 is 0 Å². The normalized spacial score (nSPS) is 11.9. The fourth-order valence-corrected chi connectivity index (χ4v) is 1.66. The molecule has 0 fully saturated rings. The molecular weight excluding hydrogens is 182 g/mol. The number of hydrogen-bond acceptors (Lipinski definition) is 1. The van der Waals surface area contributed by atoms with Crippen LogP contribution in [0.15, 0.2) is 24.3 Å². The van der Waals surface area contributed by atoms with Crippen LogP contribution in [0.25, 0.3) is 0 Å². The summed E-state index contributed by atoms with van der Waals surface area (Å²) in [5, 5.41) is 3.39. The van der Waals surface area contributed by atoms with Crippen molar-refractivity contribution in [1.29, 1.82) is 0 Å². The van der Waals surface area contributed by atoms with E-state index in [1.165, 1.54) is 11.3 Å². The quantitative estimate of drug-likeness (QED) is 0.783. The summed E-state index contributed by atoms with van der Waals surface area (Å²) >= 11 is 0. The largest absolute Gasteiger partial charge is 0.383 e. The summed E-state index contributed by atoms with van der Waals surface area (Å²) in [6, 6.07) is 9.27. The third kappa shape index (κ3) is 4.87. The molecule has 0 aliphatic heterocycles. The fraction of sp³-hybridized carbons (Fsp3) is 0.571. The van der Waals surface area contributed by atoms with Crippen molar-refractivity contribution in [2.75, 3.05) is 5.32 Å². The van der Waals surface area contributed by atoms with Crippen LogP contribution in [-0.2, 0) is 6.42 Å². The minimum Gasteiger partial charge on any atom is -0.383 e. The van der Waals surface area contributed by atoms with E-state index in [2.05, 4.69) is 64.2 Å². The standard InChI is InChI=1S/C14H23N/c1-11(2)15-13-8-6-12(7-9-13)10-14(3,4)5/h6-9,11,15H,10H2,1-5H3. The van der Waals surface area contributed by atoms with Crippen LogP contribution < -0.4 is 5.32 Å². The van der Waals surface area contributed by atoms with Crippen molar-refractivity contribution in [3.8, 4) is 0 Å². The molecule has 0 spiro atoms. The topological polar surface area (TPSA) is 12.0 Å². The lowest BCUT2D eigenvalue weighted by atomic mass is 9.88. The van der Waals surface area contributed by atoms with Crippen LogP contribution in [0.3, 0.4) is 0 Å². The highest BCUT2D eigenvalue weighted by Gasteiger charge is 2.10. The molecule has 0 aliphatic carbocycles. The molecule has 0 saturated carbocycles. The van der Waals surface area contributed by atoms with Crippen molar-refractivity contribution in [1.82, 2.24) is 0 Å². The zero-order valence-electron chi connectivity index (χ0n) is 10.6. The number of benzene rings is 1. The molecule has 1 nitrogen and oxygen atoms in total. The Bertz CT molecular complexity index is 290. The van der Waals surface area contributed by atoms with Gasteiger partial charge in [-0.15, -0.1) is 0 Å². The van der Waals surface area contributed by atoms with Gasteiger partial charge in [-0.2, -0.15) is 0 Å². The predicted molar refractivity (Wildman–Crippen MR) is 68.4 cm³/mol. The van der Waals surface area contributed by atoms with Crippen molar-refractivity contribution < 1.29 is 0 Å². The van der Waals surface area contributed by atoms with E-state index in [0.29, 0.717) is 11.5 Å². The first-order chi connectivity index (χ1) is 6.87. The molecule has 1 aromatic rings. The molecule has 15 heavy (non-hydrogen) atoms. The molecule has 0 atom stereocenters. The summed E-state index contributed by atoms with van der Waals surface area (Å²) < 4.78 is 0. The Kier molecular flexibility index (Phi) is 3.78. The summed E-state index contributed by atoms with van der Waals surface area (Å²) in [5.41, 5.74) is 2.99. The van der Waals surface area contributed by atoms with Crippen LogP contribution in [0.2, 0.25) is 0 Å². The van der Waals surface area contributed by atoms with Gasteiger partial charge < -0.3 is 5.32 Å². The van der Waals surface area contributed by atoms with E-state index >= 15 is 0 Å². The molecule has 1 N–H and O–H groups in total. The Morgan fingerprint density at radius 1 is 1.07 bits per heavy atom. The average molecular weight is 205 g/mol. The van der Waals surface area contributed by atoms with E-state index in [9.17, 15) is 0 Å². The van der Waals surface area contributed by atoms with Gasteiger partial charge in [-0.25, -0.2) is 0 Å². The van der Waals surface area contributed by atoms with Crippen LogP contribution in [0.4, 0.5) is 5.69 Å². The van der Waals surface area contributed by atoms with Gasteiger partial charge >= 0.3 is 0 Å². The Labute approximate surface area is 93.9 Å². The van der Waals surface area contributed by atoms with Crippen LogP contribution in [0.5, 0.6) is 0 Å². The molecule has 84 valence electrons. The third-order valence-electron chi connectivity index (χ3n) is 2.14. The predicted octanol–water partition coefficient (Wildman–Crippen LogP) is 4.10. The van der Waals surface area contributed by atoms with Gasteiger partial charge in [-0.1, -0.05) is 32.9 Å². The third-order valence-corrected chi connectivity index (χ3v) is 2.14. The van der Waals surface area contributed by atoms with Crippen molar-refractivity contribution >= 4 is 5.69 Å².